The van der Waals surface area contributed by atoms with Crippen LogP contribution in [0.4, 0.5) is 0 Å². The zero-order valence-electron chi connectivity index (χ0n) is 7.78. The summed E-state index contributed by atoms with van der Waals surface area (Å²) in [6.45, 7) is 2.15. The lowest BCUT2D eigenvalue weighted by atomic mass is 10.2. The van der Waals surface area contributed by atoms with Crippen LogP contribution in [0.15, 0.2) is 24.5 Å². The molecule has 2 aromatic rings. The number of rotatable bonds is 2. The number of carbonyl (C=O) groups is 1. The fraction of sp³-hybridized carbons (Fsp3) is 0.200. The Labute approximate surface area is 80.9 Å². The number of imidazole rings is 1. The van der Waals surface area contributed by atoms with E-state index in [1.54, 1.807) is 25.4 Å². The number of hydrogen-bond acceptors (Lipinski definition) is 3. The molecule has 0 aliphatic heterocycles. The van der Waals surface area contributed by atoms with Crippen molar-refractivity contribution < 1.29 is 9.53 Å². The SMILES string of the molecule is CCOC(=O)c1cccc2[nH]cnc12. The first-order chi connectivity index (χ1) is 6.83. The van der Waals surface area contributed by atoms with Crippen LogP contribution in [0, 0.1) is 0 Å². The van der Waals surface area contributed by atoms with E-state index < -0.39 is 0 Å². The molecule has 14 heavy (non-hydrogen) atoms. The molecule has 0 radical (unpaired) electrons. The summed E-state index contributed by atoms with van der Waals surface area (Å²) >= 11 is 0. The third-order valence-electron chi connectivity index (χ3n) is 1.95. The molecule has 0 unspecified atom stereocenters. The van der Waals surface area contributed by atoms with Crippen LogP contribution < -0.4 is 0 Å². The Balaban J connectivity index is 2.50. The van der Waals surface area contributed by atoms with Gasteiger partial charge in [0.2, 0.25) is 0 Å². The second kappa shape index (κ2) is 3.49. The molecule has 4 nitrogen and oxygen atoms in total. The minimum Gasteiger partial charge on any atom is -0.462 e. The number of H-pyrrole nitrogens is 1. The number of nitrogens with one attached hydrogen (secondary N) is 1. The first-order valence-electron chi connectivity index (χ1n) is 4.42. The van der Waals surface area contributed by atoms with E-state index in [1.807, 2.05) is 6.07 Å². The van der Waals surface area contributed by atoms with Crippen LogP contribution in [0.1, 0.15) is 17.3 Å². The molecule has 2 rings (SSSR count). The smallest absolute Gasteiger partial charge is 0.340 e. The normalized spacial score (nSPS) is 10.4. The second-order valence-corrected chi connectivity index (χ2v) is 2.82. The minimum atomic E-state index is -0.329. The minimum absolute atomic E-state index is 0.329. The fourth-order valence-electron chi connectivity index (χ4n) is 1.34. The molecule has 1 heterocycles. The summed E-state index contributed by atoms with van der Waals surface area (Å²) < 4.78 is 4.91. The van der Waals surface area contributed by atoms with Crippen LogP contribution >= 0.6 is 0 Å². The number of carbonyl (C=O) groups excluding carboxylic acids is 1. The first kappa shape index (κ1) is 8.74. The Hall–Kier alpha value is -1.84. The van der Waals surface area contributed by atoms with Gasteiger partial charge in [-0.1, -0.05) is 6.07 Å². The van der Waals surface area contributed by atoms with E-state index in [4.69, 9.17) is 4.74 Å². The predicted molar refractivity (Wildman–Crippen MR) is 52.1 cm³/mol. The lowest BCUT2D eigenvalue weighted by Crippen LogP contribution is -2.05. The number of aromatic amines is 1. The van der Waals surface area contributed by atoms with Gasteiger partial charge in [0, 0.05) is 0 Å². The molecule has 0 saturated carbocycles. The van der Waals surface area contributed by atoms with Gasteiger partial charge in [-0.05, 0) is 19.1 Å². The molecule has 1 aromatic carbocycles. The number of hydrogen-bond donors (Lipinski definition) is 1. The zero-order valence-corrected chi connectivity index (χ0v) is 7.78. The summed E-state index contributed by atoms with van der Waals surface area (Å²) in [6.07, 6.45) is 1.56. The van der Waals surface area contributed by atoms with Gasteiger partial charge in [0.15, 0.2) is 0 Å². The average Bonchev–Trinajstić information content (AvgIpc) is 2.65. The zero-order chi connectivity index (χ0) is 9.97. The summed E-state index contributed by atoms with van der Waals surface area (Å²) in [5, 5.41) is 0. The molecule has 4 heteroatoms. The Morgan fingerprint density at radius 2 is 2.43 bits per heavy atom. The summed E-state index contributed by atoms with van der Waals surface area (Å²) in [5.74, 6) is -0.329. The maximum Gasteiger partial charge on any atom is 0.340 e. The van der Waals surface area contributed by atoms with Gasteiger partial charge >= 0.3 is 5.97 Å². The maximum atomic E-state index is 11.5. The van der Waals surface area contributed by atoms with Crippen LogP contribution in [-0.4, -0.2) is 22.5 Å². The van der Waals surface area contributed by atoms with E-state index in [1.165, 1.54) is 0 Å². The molecular weight excluding hydrogens is 180 g/mol. The highest BCUT2D eigenvalue weighted by Crippen LogP contribution is 2.15. The first-order valence-corrected chi connectivity index (χ1v) is 4.42. The van der Waals surface area contributed by atoms with E-state index in [-0.39, 0.29) is 5.97 Å². The molecule has 1 N–H and O–H groups in total. The number of fused-ring (bicyclic) bond motifs is 1. The third-order valence-corrected chi connectivity index (χ3v) is 1.95. The topological polar surface area (TPSA) is 55.0 Å². The number of para-hydroxylation sites is 1. The quantitative estimate of drug-likeness (QED) is 0.734. The Kier molecular flexibility index (Phi) is 2.18. The number of benzene rings is 1. The van der Waals surface area contributed by atoms with Gasteiger partial charge in [0.1, 0.15) is 5.52 Å². The van der Waals surface area contributed by atoms with Gasteiger partial charge in [-0.3, -0.25) is 0 Å². The van der Waals surface area contributed by atoms with Crippen LogP contribution in [0.5, 0.6) is 0 Å². The Morgan fingerprint density at radius 3 is 3.21 bits per heavy atom. The molecule has 0 bridgehead atoms. The van der Waals surface area contributed by atoms with Gasteiger partial charge in [0.05, 0.1) is 24.0 Å². The van der Waals surface area contributed by atoms with Gasteiger partial charge in [-0.2, -0.15) is 0 Å². The summed E-state index contributed by atoms with van der Waals surface area (Å²) in [6, 6.07) is 5.37. The molecule has 0 amide bonds. The van der Waals surface area contributed by atoms with Crippen LogP contribution in [0.3, 0.4) is 0 Å². The van der Waals surface area contributed by atoms with Gasteiger partial charge in [-0.15, -0.1) is 0 Å². The predicted octanol–water partition coefficient (Wildman–Crippen LogP) is 1.74. The van der Waals surface area contributed by atoms with Crippen molar-refractivity contribution in [1.29, 1.82) is 0 Å². The van der Waals surface area contributed by atoms with Crippen molar-refractivity contribution in [2.75, 3.05) is 6.61 Å². The van der Waals surface area contributed by atoms with Crippen LogP contribution in [0.25, 0.3) is 11.0 Å². The lowest BCUT2D eigenvalue weighted by Gasteiger charge is -2.01. The van der Waals surface area contributed by atoms with Crippen LogP contribution in [-0.2, 0) is 4.74 Å². The molecular formula is C10H10N2O2. The van der Waals surface area contributed by atoms with E-state index in [0.29, 0.717) is 17.7 Å². The molecule has 0 spiro atoms. The highest BCUT2D eigenvalue weighted by Gasteiger charge is 2.11. The van der Waals surface area contributed by atoms with Crippen molar-refractivity contribution in [1.82, 2.24) is 9.97 Å². The van der Waals surface area contributed by atoms with E-state index >= 15 is 0 Å². The molecule has 0 fully saturated rings. The molecule has 1 aromatic heterocycles. The van der Waals surface area contributed by atoms with Crippen molar-refractivity contribution in [3.05, 3.63) is 30.1 Å². The van der Waals surface area contributed by atoms with Crippen molar-refractivity contribution >= 4 is 17.0 Å². The van der Waals surface area contributed by atoms with Gasteiger partial charge < -0.3 is 9.72 Å². The lowest BCUT2D eigenvalue weighted by molar-refractivity contribution is 0.0528. The van der Waals surface area contributed by atoms with E-state index in [2.05, 4.69) is 9.97 Å². The fourth-order valence-corrected chi connectivity index (χ4v) is 1.34. The summed E-state index contributed by atoms with van der Waals surface area (Å²) in [7, 11) is 0. The molecule has 0 aliphatic rings. The van der Waals surface area contributed by atoms with Gasteiger partial charge in [-0.25, -0.2) is 9.78 Å². The van der Waals surface area contributed by atoms with Gasteiger partial charge in [0.25, 0.3) is 0 Å². The summed E-state index contributed by atoms with van der Waals surface area (Å²) in [5.41, 5.74) is 2.01. The van der Waals surface area contributed by atoms with Crippen molar-refractivity contribution in [3.8, 4) is 0 Å². The van der Waals surface area contributed by atoms with Crippen LogP contribution in [0.2, 0.25) is 0 Å². The Morgan fingerprint density at radius 1 is 1.57 bits per heavy atom. The van der Waals surface area contributed by atoms with E-state index in [0.717, 1.165) is 5.52 Å². The molecule has 0 saturated heterocycles. The molecule has 72 valence electrons. The highest BCUT2D eigenvalue weighted by atomic mass is 16.5. The highest BCUT2D eigenvalue weighted by molar-refractivity contribution is 6.01. The molecule has 0 atom stereocenters. The standard InChI is InChI=1S/C10H10N2O2/c1-2-14-10(13)7-4-3-5-8-9(7)12-6-11-8/h3-6H,2H2,1H3,(H,11,12). The van der Waals surface area contributed by atoms with Crippen molar-refractivity contribution in [2.45, 2.75) is 6.92 Å². The number of ether oxygens (including phenoxy) is 1. The maximum absolute atomic E-state index is 11.5. The number of nitrogens with zero attached hydrogens (tertiary/aromatic N) is 1. The van der Waals surface area contributed by atoms with E-state index in [9.17, 15) is 4.79 Å². The summed E-state index contributed by atoms with van der Waals surface area (Å²) in [4.78, 5) is 18.5. The number of esters is 1. The van der Waals surface area contributed by atoms with Crippen molar-refractivity contribution in [3.63, 3.8) is 0 Å². The largest absolute Gasteiger partial charge is 0.462 e. The number of aromatic nitrogens is 2. The third kappa shape index (κ3) is 1.35. The molecule has 0 aliphatic carbocycles. The second-order valence-electron chi connectivity index (χ2n) is 2.82. The monoisotopic (exact) mass is 190 g/mol. The van der Waals surface area contributed by atoms with Crippen molar-refractivity contribution in [2.24, 2.45) is 0 Å². The average molecular weight is 190 g/mol. The Bertz CT molecular complexity index is 462.